The van der Waals surface area contributed by atoms with Crippen LogP contribution in [0.2, 0.25) is 0 Å². The third kappa shape index (κ3) is 2.88. The molecule has 0 N–H and O–H groups in total. The van der Waals surface area contributed by atoms with Crippen molar-refractivity contribution in [3.63, 3.8) is 0 Å². The van der Waals surface area contributed by atoms with Gasteiger partial charge in [0, 0.05) is 32.4 Å². The molecule has 3 rings (SSSR count). The zero-order valence-corrected chi connectivity index (χ0v) is 15.0. The summed E-state index contributed by atoms with van der Waals surface area (Å²) in [4.78, 5) is 26.6. The van der Waals surface area contributed by atoms with Crippen LogP contribution in [0.15, 0.2) is 23.1 Å². The van der Waals surface area contributed by atoms with Gasteiger partial charge in [0.2, 0.25) is 0 Å². The Bertz CT molecular complexity index is 855. The average molecular weight is 328 g/mol. The lowest BCUT2D eigenvalue weighted by molar-refractivity contribution is 0.0713. The molecule has 128 valence electrons. The molecule has 6 nitrogen and oxygen atoms in total. The Morgan fingerprint density at radius 3 is 2.58 bits per heavy atom. The van der Waals surface area contributed by atoms with E-state index in [1.807, 2.05) is 44.9 Å². The molecule has 0 aliphatic carbocycles. The van der Waals surface area contributed by atoms with Gasteiger partial charge in [-0.1, -0.05) is 0 Å². The van der Waals surface area contributed by atoms with Gasteiger partial charge in [0.05, 0.1) is 11.2 Å². The number of fused-ring (bicyclic) bond motifs is 1. The van der Waals surface area contributed by atoms with Crippen molar-refractivity contribution in [2.45, 2.75) is 46.2 Å². The lowest BCUT2D eigenvalue weighted by atomic mass is 10.0. The SMILES string of the molecule is Cc1cc(C(=O)N2CCc3cc(=O)n(C)cc3C2)n(C(C)(C)C)n1. The van der Waals surface area contributed by atoms with Crippen molar-refractivity contribution in [1.29, 1.82) is 0 Å². The predicted octanol–water partition coefficient (Wildman–Crippen LogP) is 1.84. The second-order valence-electron chi connectivity index (χ2n) is 7.50. The molecule has 1 aliphatic rings. The molecule has 0 saturated carbocycles. The maximum Gasteiger partial charge on any atom is 0.272 e. The van der Waals surface area contributed by atoms with Crippen LogP contribution in [-0.2, 0) is 25.6 Å². The molecule has 0 spiro atoms. The Morgan fingerprint density at radius 1 is 1.21 bits per heavy atom. The summed E-state index contributed by atoms with van der Waals surface area (Å²) >= 11 is 0. The van der Waals surface area contributed by atoms with Crippen molar-refractivity contribution in [2.24, 2.45) is 7.05 Å². The molecule has 2 aromatic heterocycles. The van der Waals surface area contributed by atoms with Crippen LogP contribution in [0.25, 0.3) is 0 Å². The smallest absolute Gasteiger partial charge is 0.272 e. The van der Waals surface area contributed by atoms with Gasteiger partial charge < -0.3 is 9.47 Å². The first-order chi connectivity index (χ1) is 11.2. The molecule has 0 bridgehead atoms. The summed E-state index contributed by atoms with van der Waals surface area (Å²) < 4.78 is 3.37. The highest BCUT2D eigenvalue weighted by molar-refractivity contribution is 5.93. The van der Waals surface area contributed by atoms with E-state index in [1.165, 1.54) is 0 Å². The van der Waals surface area contributed by atoms with Crippen molar-refractivity contribution in [2.75, 3.05) is 6.54 Å². The number of carbonyl (C=O) groups excluding carboxylic acids is 1. The summed E-state index contributed by atoms with van der Waals surface area (Å²) in [5, 5.41) is 4.49. The highest BCUT2D eigenvalue weighted by Crippen LogP contribution is 2.22. The van der Waals surface area contributed by atoms with Gasteiger partial charge in [-0.2, -0.15) is 5.10 Å². The highest BCUT2D eigenvalue weighted by atomic mass is 16.2. The van der Waals surface area contributed by atoms with Crippen molar-refractivity contribution >= 4 is 5.91 Å². The van der Waals surface area contributed by atoms with E-state index in [-0.39, 0.29) is 17.0 Å². The molecule has 1 aliphatic heterocycles. The highest BCUT2D eigenvalue weighted by Gasteiger charge is 2.28. The number of pyridine rings is 1. The van der Waals surface area contributed by atoms with Crippen LogP contribution in [-0.4, -0.2) is 31.7 Å². The molecular formula is C18H24N4O2. The predicted molar refractivity (Wildman–Crippen MR) is 92.1 cm³/mol. The molecular weight excluding hydrogens is 304 g/mol. The van der Waals surface area contributed by atoms with Crippen LogP contribution in [0.5, 0.6) is 0 Å². The molecule has 1 amide bonds. The number of nitrogens with zero attached hydrogens (tertiary/aromatic N) is 4. The monoisotopic (exact) mass is 328 g/mol. The number of rotatable bonds is 1. The van der Waals surface area contributed by atoms with Crippen molar-refractivity contribution in [3.8, 4) is 0 Å². The first-order valence-corrected chi connectivity index (χ1v) is 8.21. The second-order valence-corrected chi connectivity index (χ2v) is 7.50. The minimum atomic E-state index is -0.253. The number of aryl methyl sites for hydroxylation is 2. The Morgan fingerprint density at radius 2 is 1.92 bits per heavy atom. The second kappa shape index (κ2) is 5.61. The van der Waals surface area contributed by atoms with Crippen molar-refractivity contribution in [3.05, 3.63) is 51.2 Å². The number of aromatic nitrogens is 3. The van der Waals surface area contributed by atoms with Gasteiger partial charge in [0.1, 0.15) is 5.69 Å². The largest absolute Gasteiger partial charge is 0.333 e. The summed E-state index contributed by atoms with van der Waals surface area (Å²) in [5.74, 6) is -0.00923. The summed E-state index contributed by atoms with van der Waals surface area (Å²) in [6, 6.07) is 3.53. The van der Waals surface area contributed by atoms with Crippen LogP contribution in [0, 0.1) is 6.92 Å². The van der Waals surface area contributed by atoms with E-state index in [2.05, 4.69) is 5.10 Å². The molecule has 0 saturated heterocycles. The zero-order chi connectivity index (χ0) is 17.6. The standard InChI is InChI=1S/C18H24N4O2/c1-12-8-15(22(19-12)18(2,3)4)17(24)21-7-6-13-9-16(23)20(5)10-14(13)11-21/h8-10H,6-7,11H2,1-5H3. The number of amides is 1. The Labute approximate surface area is 141 Å². The molecule has 0 fully saturated rings. The Kier molecular flexibility index (Phi) is 3.86. The normalized spacial score (nSPS) is 14.6. The van der Waals surface area contributed by atoms with Gasteiger partial charge in [-0.25, -0.2) is 0 Å². The summed E-state index contributed by atoms with van der Waals surface area (Å²) in [7, 11) is 1.74. The van der Waals surface area contributed by atoms with Gasteiger partial charge in [0.25, 0.3) is 11.5 Å². The van der Waals surface area contributed by atoms with E-state index >= 15 is 0 Å². The van der Waals surface area contributed by atoms with E-state index < -0.39 is 0 Å². The van der Waals surface area contributed by atoms with Crippen LogP contribution >= 0.6 is 0 Å². The molecule has 0 atom stereocenters. The maximum absolute atomic E-state index is 13.0. The molecule has 0 radical (unpaired) electrons. The molecule has 2 aromatic rings. The van der Waals surface area contributed by atoms with E-state index in [9.17, 15) is 9.59 Å². The maximum atomic E-state index is 13.0. The fourth-order valence-corrected chi connectivity index (χ4v) is 3.14. The van der Waals surface area contributed by atoms with E-state index in [0.717, 1.165) is 16.8 Å². The Balaban J connectivity index is 1.93. The third-order valence-corrected chi connectivity index (χ3v) is 4.39. The van der Waals surface area contributed by atoms with Gasteiger partial charge in [0.15, 0.2) is 0 Å². The summed E-state index contributed by atoms with van der Waals surface area (Å²) in [5.41, 5.74) is 3.28. The number of hydrogen-bond acceptors (Lipinski definition) is 3. The van der Waals surface area contributed by atoms with Gasteiger partial charge in [-0.15, -0.1) is 0 Å². The van der Waals surface area contributed by atoms with Crippen LogP contribution in [0.1, 0.15) is 48.1 Å². The first kappa shape index (κ1) is 16.5. The molecule has 24 heavy (non-hydrogen) atoms. The third-order valence-electron chi connectivity index (χ3n) is 4.39. The average Bonchev–Trinajstić information content (AvgIpc) is 2.89. The summed E-state index contributed by atoms with van der Waals surface area (Å²) in [6.07, 6.45) is 2.54. The minimum Gasteiger partial charge on any atom is -0.333 e. The number of hydrogen-bond donors (Lipinski definition) is 0. The fraction of sp³-hybridized carbons (Fsp3) is 0.500. The lowest BCUT2D eigenvalue weighted by Gasteiger charge is -2.30. The summed E-state index contributed by atoms with van der Waals surface area (Å²) in [6.45, 7) is 9.16. The van der Waals surface area contributed by atoms with E-state index in [4.69, 9.17) is 0 Å². The van der Waals surface area contributed by atoms with Crippen LogP contribution in [0.4, 0.5) is 0 Å². The van der Waals surface area contributed by atoms with Gasteiger partial charge in [-0.05, 0) is 51.3 Å². The van der Waals surface area contributed by atoms with Crippen LogP contribution < -0.4 is 5.56 Å². The molecule has 0 aromatic carbocycles. The zero-order valence-electron chi connectivity index (χ0n) is 15.0. The molecule has 3 heterocycles. The lowest BCUT2D eigenvalue weighted by Crippen LogP contribution is -2.39. The first-order valence-electron chi connectivity index (χ1n) is 8.21. The van der Waals surface area contributed by atoms with E-state index in [1.54, 1.807) is 22.4 Å². The van der Waals surface area contributed by atoms with E-state index in [0.29, 0.717) is 25.2 Å². The fourth-order valence-electron chi connectivity index (χ4n) is 3.14. The minimum absolute atomic E-state index is 0.00467. The Hall–Kier alpha value is -2.37. The van der Waals surface area contributed by atoms with Gasteiger partial charge >= 0.3 is 0 Å². The molecule has 6 heteroatoms. The number of carbonyl (C=O) groups is 1. The topological polar surface area (TPSA) is 60.1 Å². The van der Waals surface area contributed by atoms with Gasteiger partial charge in [-0.3, -0.25) is 14.3 Å². The molecule has 0 unspecified atom stereocenters. The quantitative estimate of drug-likeness (QED) is 0.802. The van der Waals surface area contributed by atoms with Crippen molar-refractivity contribution < 1.29 is 4.79 Å². The van der Waals surface area contributed by atoms with Crippen molar-refractivity contribution in [1.82, 2.24) is 19.2 Å². The van der Waals surface area contributed by atoms with Crippen LogP contribution in [0.3, 0.4) is 0 Å².